The first-order valence-corrected chi connectivity index (χ1v) is 8.37. The number of hydrogen-bond acceptors (Lipinski definition) is 3. The minimum Gasteiger partial charge on any atom is -0.461 e. The number of aromatic nitrogens is 1. The minimum atomic E-state index is -0.830. The van der Waals surface area contributed by atoms with Crippen molar-refractivity contribution < 1.29 is 13.9 Å². The van der Waals surface area contributed by atoms with Crippen molar-refractivity contribution in [3.05, 3.63) is 34.5 Å². The minimum absolute atomic E-state index is 0.127. The molecule has 1 aromatic heterocycles. The lowest BCUT2D eigenvalue weighted by molar-refractivity contribution is -0.159. The standard InChI is InChI=1S/C18H26FNO3/c1-11(2)15-7-5-12(3)9-16(15)23-18(22)13(4)20-10-14(19)6-8-17(20)21/h6,8,10-13,15-16H,5,7,9H2,1-4H3. The topological polar surface area (TPSA) is 48.3 Å². The molecule has 23 heavy (non-hydrogen) atoms. The number of hydrogen-bond donors (Lipinski definition) is 0. The van der Waals surface area contributed by atoms with Crippen molar-refractivity contribution in [1.82, 2.24) is 4.57 Å². The lowest BCUT2D eigenvalue weighted by Gasteiger charge is -2.37. The van der Waals surface area contributed by atoms with Gasteiger partial charge in [-0.1, -0.05) is 27.2 Å². The molecular formula is C18H26FNO3. The van der Waals surface area contributed by atoms with Crippen LogP contribution in [0, 0.1) is 23.6 Å². The number of carbonyl (C=O) groups excluding carboxylic acids is 1. The van der Waals surface area contributed by atoms with E-state index in [-0.39, 0.29) is 6.10 Å². The molecule has 0 N–H and O–H groups in total. The summed E-state index contributed by atoms with van der Waals surface area (Å²) in [5.74, 6) is 0.284. The average Bonchev–Trinajstić information content (AvgIpc) is 2.48. The van der Waals surface area contributed by atoms with Gasteiger partial charge in [-0.3, -0.25) is 9.36 Å². The molecule has 4 atom stereocenters. The number of ether oxygens (including phenoxy) is 1. The molecular weight excluding hydrogens is 297 g/mol. The first kappa shape index (κ1) is 17.7. The van der Waals surface area contributed by atoms with E-state index in [4.69, 9.17) is 4.74 Å². The van der Waals surface area contributed by atoms with Crippen LogP contribution in [-0.4, -0.2) is 16.6 Å². The Hall–Kier alpha value is -1.65. The monoisotopic (exact) mass is 323 g/mol. The SMILES string of the molecule is CC1CCC(C(C)C)C(OC(=O)C(C)n2cc(F)ccc2=O)C1. The van der Waals surface area contributed by atoms with Gasteiger partial charge in [0.1, 0.15) is 18.0 Å². The van der Waals surface area contributed by atoms with E-state index in [0.29, 0.717) is 17.8 Å². The van der Waals surface area contributed by atoms with Crippen LogP contribution in [0.3, 0.4) is 0 Å². The molecule has 1 aliphatic rings. The zero-order valence-corrected chi connectivity index (χ0v) is 14.3. The maximum atomic E-state index is 13.3. The van der Waals surface area contributed by atoms with Crippen molar-refractivity contribution in [2.45, 2.75) is 59.1 Å². The molecule has 2 rings (SSSR count). The van der Waals surface area contributed by atoms with Crippen molar-refractivity contribution in [3.8, 4) is 0 Å². The Kier molecular flexibility index (Phi) is 5.60. The fourth-order valence-electron chi connectivity index (χ4n) is 3.39. The average molecular weight is 323 g/mol. The van der Waals surface area contributed by atoms with Gasteiger partial charge in [0.25, 0.3) is 5.56 Å². The number of carbonyl (C=O) groups is 1. The predicted molar refractivity (Wildman–Crippen MR) is 86.6 cm³/mol. The van der Waals surface area contributed by atoms with E-state index >= 15 is 0 Å². The Balaban J connectivity index is 2.13. The highest BCUT2D eigenvalue weighted by Crippen LogP contribution is 2.35. The Bertz CT molecular complexity index is 611. The molecule has 0 aliphatic heterocycles. The lowest BCUT2D eigenvalue weighted by atomic mass is 9.75. The molecule has 128 valence electrons. The van der Waals surface area contributed by atoms with E-state index in [1.807, 2.05) is 0 Å². The van der Waals surface area contributed by atoms with Gasteiger partial charge in [-0.25, -0.2) is 9.18 Å². The molecule has 1 aliphatic carbocycles. The van der Waals surface area contributed by atoms with E-state index in [2.05, 4.69) is 20.8 Å². The van der Waals surface area contributed by atoms with Gasteiger partial charge in [-0.05, 0) is 43.6 Å². The Morgan fingerprint density at radius 2 is 2.00 bits per heavy atom. The zero-order valence-electron chi connectivity index (χ0n) is 14.3. The van der Waals surface area contributed by atoms with E-state index in [1.54, 1.807) is 6.92 Å². The Labute approximate surface area is 136 Å². The molecule has 0 aromatic carbocycles. The molecule has 0 spiro atoms. The summed E-state index contributed by atoms with van der Waals surface area (Å²) in [5.41, 5.74) is -0.409. The number of pyridine rings is 1. The molecule has 0 amide bonds. The Morgan fingerprint density at radius 1 is 1.30 bits per heavy atom. The fraction of sp³-hybridized carbons (Fsp3) is 0.667. The molecule has 1 aromatic rings. The van der Waals surface area contributed by atoms with Crippen molar-refractivity contribution in [2.24, 2.45) is 17.8 Å². The molecule has 0 radical (unpaired) electrons. The summed E-state index contributed by atoms with van der Waals surface area (Å²) >= 11 is 0. The third-order valence-electron chi connectivity index (χ3n) is 4.89. The first-order valence-electron chi connectivity index (χ1n) is 8.37. The van der Waals surface area contributed by atoms with Crippen molar-refractivity contribution in [2.75, 3.05) is 0 Å². The van der Waals surface area contributed by atoms with Gasteiger partial charge in [0, 0.05) is 12.3 Å². The zero-order chi connectivity index (χ0) is 17.1. The maximum absolute atomic E-state index is 13.3. The summed E-state index contributed by atoms with van der Waals surface area (Å²) in [6.45, 7) is 8.02. The third-order valence-corrected chi connectivity index (χ3v) is 4.89. The van der Waals surface area contributed by atoms with Crippen LogP contribution in [0.1, 0.15) is 53.0 Å². The molecule has 5 heteroatoms. The van der Waals surface area contributed by atoms with Gasteiger partial charge >= 0.3 is 5.97 Å². The highest BCUT2D eigenvalue weighted by molar-refractivity contribution is 5.74. The van der Waals surface area contributed by atoms with Gasteiger partial charge in [0.2, 0.25) is 0 Å². The molecule has 4 nitrogen and oxygen atoms in total. The lowest BCUT2D eigenvalue weighted by Crippen LogP contribution is -2.38. The van der Waals surface area contributed by atoms with E-state index < -0.39 is 23.4 Å². The van der Waals surface area contributed by atoms with Crippen LogP contribution in [0.4, 0.5) is 4.39 Å². The normalized spacial score (nSPS) is 26.1. The van der Waals surface area contributed by atoms with Gasteiger partial charge in [0.05, 0.1) is 0 Å². The number of nitrogens with zero attached hydrogens (tertiary/aromatic N) is 1. The van der Waals surface area contributed by atoms with Crippen LogP contribution < -0.4 is 5.56 Å². The van der Waals surface area contributed by atoms with Crippen LogP contribution in [0.2, 0.25) is 0 Å². The second-order valence-corrected chi connectivity index (χ2v) is 7.07. The smallest absolute Gasteiger partial charge is 0.329 e. The van der Waals surface area contributed by atoms with Crippen molar-refractivity contribution in [3.63, 3.8) is 0 Å². The summed E-state index contributed by atoms with van der Waals surface area (Å²) in [7, 11) is 0. The predicted octanol–water partition coefficient (Wildman–Crippen LogP) is 3.55. The number of halogens is 1. The largest absolute Gasteiger partial charge is 0.461 e. The van der Waals surface area contributed by atoms with Crippen LogP contribution >= 0.6 is 0 Å². The number of rotatable bonds is 4. The maximum Gasteiger partial charge on any atom is 0.329 e. The highest BCUT2D eigenvalue weighted by Gasteiger charge is 2.34. The van der Waals surface area contributed by atoms with Crippen molar-refractivity contribution >= 4 is 5.97 Å². The van der Waals surface area contributed by atoms with Crippen LogP contribution in [0.25, 0.3) is 0 Å². The second-order valence-electron chi connectivity index (χ2n) is 7.07. The molecule has 1 saturated carbocycles. The summed E-state index contributed by atoms with van der Waals surface area (Å²) < 4.78 is 20.2. The van der Waals surface area contributed by atoms with Crippen LogP contribution in [0.15, 0.2) is 23.1 Å². The van der Waals surface area contributed by atoms with Gasteiger partial charge in [0.15, 0.2) is 0 Å². The van der Waals surface area contributed by atoms with Gasteiger partial charge < -0.3 is 4.74 Å². The fourth-order valence-corrected chi connectivity index (χ4v) is 3.39. The summed E-state index contributed by atoms with van der Waals surface area (Å²) in [6.07, 6.45) is 3.97. The molecule has 1 heterocycles. The van der Waals surface area contributed by atoms with Crippen LogP contribution in [-0.2, 0) is 9.53 Å². The Morgan fingerprint density at radius 3 is 2.65 bits per heavy atom. The first-order chi connectivity index (χ1) is 10.8. The molecule has 1 fully saturated rings. The second kappa shape index (κ2) is 7.28. The molecule has 4 unspecified atom stereocenters. The molecule has 0 saturated heterocycles. The van der Waals surface area contributed by atoms with Crippen LogP contribution in [0.5, 0.6) is 0 Å². The third kappa shape index (κ3) is 4.21. The summed E-state index contributed by atoms with van der Waals surface area (Å²) in [4.78, 5) is 24.3. The summed E-state index contributed by atoms with van der Waals surface area (Å²) in [6, 6.07) is 1.39. The quantitative estimate of drug-likeness (QED) is 0.796. The number of esters is 1. The van der Waals surface area contributed by atoms with E-state index in [1.165, 1.54) is 0 Å². The van der Waals surface area contributed by atoms with Gasteiger partial charge in [-0.15, -0.1) is 0 Å². The van der Waals surface area contributed by atoms with E-state index in [9.17, 15) is 14.0 Å². The summed E-state index contributed by atoms with van der Waals surface area (Å²) in [5, 5.41) is 0. The van der Waals surface area contributed by atoms with Gasteiger partial charge in [-0.2, -0.15) is 0 Å². The molecule has 0 bridgehead atoms. The highest BCUT2D eigenvalue weighted by atomic mass is 19.1. The van der Waals surface area contributed by atoms with E-state index in [0.717, 1.165) is 42.2 Å². The van der Waals surface area contributed by atoms with Crippen molar-refractivity contribution in [1.29, 1.82) is 0 Å².